The van der Waals surface area contributed by atoms with Crippen LogP contribution in [0.25, 0.3) is 5.70 Å². The highest BCUT2D eigenvalue weighted by Gasteiger charge is 2.38. The van der Waals surface area contributed by atoms with Crippen molar-refractivity contribution in [3.63, 3.8) is 0 Å². The second kappa shape index (κ2) is 9.76. The maximum Gasteiger partial charge on any atom is 0.339 e. The predicted octanol–water partition coefficient (Wildman–Crippen LogP) is 6.28. The normalized spacial score (nSPS) is 15.9. The van der Waals surface area contributed by atoms with Gasteiger partial charge >= 0.3 is 10.1 Å². The zero-order valence-electron chi connectivity index (χ0n) is 20.7. The second-order valence-corrected chi connectivity index (χ2v) is 11.8. The summed E-state index contributed by atoms with van der Waals surface area (Å²) in [6.07, 6.45) is 0. The van der Waals surface area contributed by atoms with Gasteiger partial charge in [-0.15, -0.1) is 11.8 Å². The maximum absolute atomic E-state index is 13.6. The number of carbonyl (C=O) groups excluding carboxylic acids is 2. The van der Waals surface area contributed by atoms with Gasteiger partial charge < -0.3 is 14.8 Å². The van der Waals surface area contributed by atoms with Gasteiger partial charge in [0.2, 0.25) is 5.91 Å². The Balaban J connectivity index is 1.31. The fraction of sp³-hybridized carbons (Fsp3) is 0.0667. The summed E-state index contributed by atoms with van der Waals surface area (Å²) in [4.78, 5) is 25.8. The van der Waals surface area contributed by atoms with E-state index in [1.807, 2.05) is 48.5 Å². The lowest BCUT2D eigenvalue weighted by Crippen LogP contribution is -2.11. The van der Waals surface area contributed by atoms with Crippen molar-refractivity contribution in [3.8, 4) is 5.75 Å². The molecule has 0 saturated carbocycles. The Morgan fingerprint density at radius 2 is 1.54 bits per heavy atom. The summed E-state index contributed by atoms with van der Waals surface area (Å²) in [5.74, 6) is -0.125. The summed E-state index contributed by atoms with van der Waals surface area (Å²) >= 11 is 1.57. The van der Waals surface area contributed by atoms with Gasteiger partial charge in [-0.05, 0) is 54.1 Å². The third-order valence-electron chi connectivity index (χ3n) is 6.46. The lowest BCUT2D eigenvalue weighted by molar-refractivity contribution is -0.114. The minimum atomic E-state index is -4.09. The molecule has 1 amide bonds. The molecule has 39 heavy (non-hydrogen) atoms. The number of anilines is 2. The number of benzene rings is 4. The summed E-state index contributed by atoms with van der Waals surface area (Å²) in [5.41, 5.74) is 5.25. The molecule has 6 rings (SSSR count). The first kappa shape index (κ1) is 25.0. The molecule has 2 aliphatic rings. The van der Waals surface area contributed by atoms with Gasteiger partial charge in [0.15, 0.2) is 5.78 Å². The van der Waals surface area contributed by atoms with Gasteiger partial charge in [-0.25, -0.2) is 0 Å². The minimum absolute atomic E-state index is 0.0241. The Morgan fingerprint density at radius 3 is 2.26 bits per heavy atom. The van der Waals surface area contributed by atoms with Crippen molar-refractivity contribution in [2.45, 2.75) is 22.0 Å². The zero-order chi connectivity index (χ0) is 27.1. The van der Waals surface area contributed by atoms with Crippen LogP contribution < -0.4 is 14.8 Å². The van der Waals surface area contributed by atoms with E-state index in [2.05, 4.69) is 10.6 Å². The number of para-hydroxylation sites is 1. The summed E-state index contributed by atoms with van der Waals surface area (Å²) in [6.45, 7) is 1.37. The number of carbonyl (C=O) groups is 2. The van der Waals surface area contributed by atoms with E-state index < -0.39 is 10.1 Å². The molecule has 0 fully saturated rings. The molecule has 0 spiro atoms. The summed E-state index contributed by atoms with van der Waals surface area (Å²) in [6, 6.07) is 28.0. The van der Waals surface area contributed by atoms with Crippen LogP contribution in [0.2, 0.25) is 0 Å². The fourth-order valence-corrected chi connectivity index (χ4v) is 6.92. The molecule has 7 nitrogen and oxygen atoms in total. The zero-order valence-corrected chi connectivity index (χ0v) is 22.3. The number of fused-ring (bicyclic) bond motifs is 3. The summed E-state index contributed by atoms with van der Waals surface area (Å²) in [7, 11) is -4.09. The first-order valence-corrected chi connectivity index (χ1v) is 14.4. The quantitative estimate of drug-likeness (QED) is 0.280. The predicted molar refractivity (Wildman–Crippen MR) is 151 cm³/mol. The van der Waals surface area contributed by atoms with Crippen molar-refractivity contribution in [1.82, 2.24) is 0 Å². The average molecular weight is 555 g/mol. The third kappa shape index (κ3) is 4.71. The Kier molecular flexibility index (Phi) is 6.25. The molecule has 194 valence electrons. The number of thioether (sulfide) groups is 1. The van der Waals surface area contributed by atoms with Crippen molar-refractivity contribution in [2.24, 2.45) is 0 Å². The van der Waals surface area contributed by atoms with Gasteiger partial charge in [-0.2, -0.15) is 8.42 Å². The van der Waals surface area contributed by atoms with E-state index >= 15 is 0 Å². The number of Topliss-reactive ketones (excluding diaryl/α,β-unsaturated/α-hetero) is 1. The minimum Gasteiger partial charge on any atom is -0.379 e. The van der Waals surface area contributed by atoms with Gasteiger partial charge in [-0.1, -0.05) is 48.5 Å². The van der Waals surface area contributed by atoms with Gasteiger partial charge in [0.1, 0.15) is 10.6 Å². The lowest BCUT2D eigenvalue weighted by atomic mass is 10.0. The van der Waals surface area contributed by atoms with E-state index in [-0.39, 0.29) is 27.6 Å². The standard InChI is InChI=1S/C30H22N2O5S2/c1-18(33)31-20-12-16-22(17-13-20)39(35,36)37-21-14-10-19(11-15-21)30-27-28(23-6-2-3-7-24(23)29(27)34)32-25-8-4-5-9-26(25)38-30/h2-17,30,32H,1H3,(H,31,33). The molecule has 0 saturated heterocycles. The number of hydrogen-bond acceptors (Lipinski definition) is 7. The summed E-state index contributed by atoms with van der Waals surface area (Å²) < 4.78 is 31.1. The molecule has 1 unspecified atom stereocenters. The molecule has 0 radical (unpaired) electrons. The molecule has 9 heteroatoms. The maximum atomic E-state index is 13.6. The van der Waals surface area contributed by atoms with Gasteiger partial charge in [0.25, 0.3) is 0 Å². The molecule has 0 bridgehead atoms. The van der Waals surface area contributed by atoms with E-state index in [4.69, 9.17) is 4.18 Å². The highest BCUT2D eigenvalue weighted by atomic mass is 32.2. The first-order valence-electron chi connectivity index (χ1n) is 12.1. The molecule has 1 heterocycles. The molecule has 2 N–H and O–H groups in total. The smallest absolute Gasteiger partial charge is 0.339 e. The Hall–Kier alpha value is -4.34. The Labute approximate surface area is 230 Å². The van der Waals surface area contributed by atoms with Crippen molar-refractivity contribution >= 4 is 50.6 Å². The van der Waals surface area contributed by atoms with E-state index in [1.54, 1.807) is 36.0 Å². The van der Waals surface area contributed by atoms with Crippen LogP contribution in [0, 0.1) is 0 Å². The Bertz CT molecular complexity index is 1760. The number of amides is 1. The van der Waals surface area contributed by atoms with E-state index in [0.29, 0.717) is 16.8 Å². The third-order valence-corrected chi connectivity index (χ3v) is 9.08. The summed E-state index contributed by atoms with van der Waals surface area (Å²) in [5, 5.41) is 5.77. The molecule has 1 aliphatic carbocycles. The van der Waals surface area contributed by atoms with E-state index in [1.165, 1.54) is 31.2 Å². The van der Waals surface area contributed by atoms with Gasteiger partial charge in [-0.3, -0.25) is 9.59 Å². The van der Waals surface area contributed by atoms with Crippen molar-refractivity contribution < 1.29 is 22.2 Å². The van der Waals surface area contributed by atoms with E-state index in [0.717, 1.165) is 27.4 Å². The van der Waals surface area contributed by atoms with Crippen LogP contribution in [0.4, 0.5) is 11.4 Å². The second-order valence-electron chi connectivity index (χ2n) is 9.09. The molecule has 1 aliphatic heterocycles. The first-order chi connectivity index (χ1) is 18.8. The molecular formula is C30H22N2O5S2. The fourth-order valence-electron chi connectivity index (χ4n) is 4.70. The number of ketones is 1. The topological polar surface area (TPSA) is 102 Å². The van der Waals surface area contributed by atoms with Crippen molar-refractivity contribution in [2.75, 3.05) is 10.6 Å². The molecule has 0 aromatic heterocycles. The van der Waals surface area contributed by atoms with Crippen LogP contribution in [0.1, 0.15) is 33.7 Å². The van der Waals surface area contributed by atoms with Crippen LogP contribution in [0.5, 0.6) is 5.75 Å². The van der Waals surface area contributed by atoms with Gasteiger partial charge in [0, 0.05) is 34.2 Å². The molecular weight excluding hydrogens is 532 g/mol. The van der Waals surface area contributed by atoms with Crippen LogP contribution in [-0.4, -0.2) is 20.1 Å². The highest BCUT2D eigenvalue weighted by Crippen LogP contribution is 2.52. The average Bonchev–Trinajstić information content (AvgIpc) is 3.08. The van der Waals surface area contributed by atoms with E-state index in [9.17, 15) is 18.0 Å². The monoisotopic (exact) mass is 554 g/mol. The van der Waals surface area contributed by atoms with Crippen molar-refractivity contribution in [3.05, 3.63) is 119 Å². The highest BCUT2D eigenvalue weighted by molar-refractivity contribution is 8.00. The van der Waals surface area contributed by atoms with Crippen LogP contribution in [0.3, 0.4) is 0 Å². The van der Waals surface area contributed by atoms with Crippen LogP contribution >= 0.6 is 11.8 Å². The van der Waals surface area contributed by atoms with Crippen LogP contribution in [-0.2, 0) is 14.9 Å². The lowest BCUT2D eigenvalue weighted by Gasteiger charge is -2.18. The van der Waals surface area contributed by atoms with Crippen LogP contribution in [0.15, 0.2) is 112 Å². The number of nitrogens with one attached hydrogen (secondary N) is 2. The SMILES string of the molecule is CC(=O)Nc1ccc(S(=O)(=O)Oc2ccc(C3Sc4ccccc4NC4=C3C(=O)c3ccccc34)cc2)cc1. The Morgan fingerprint density at radius 1 is 0.872 bits per heavy atom. The van der Waals surface area contributed by atoms with Gasteiger partial charge in [0.05, 0.1) is 16.6 Å². The molecule has 4 aromatic carbocycles. The number of hydrogen-bond donors (Lipinski definition) is 2. The molecule has 1 atom stereocenters. The largest absolute Gasteiger partial charge is 0.379 e. The number of rotatable bonds is 5. The van der Waals surface area contributed by atoms with Crippen molar-refractivity contribution in [1.29, 1.82) is 0 Å². The molecule has 4 aromatic rings.